The van der Waals surface area contributed by atoms with Crippen LogP contribution < -0.4 is 4.74 Å². The van der Waals surface area contributed by atoms with Gasteiger partial charge >= 0.3 is 0 Å². The third kappa shape index (κ3) is 4.51. The highest BCUT2D eigenvalue weighted by atomic mass is 16.5. The fraction of sp³-hybridized carbons (Fsp3) is 0.226. The number of rotatable bonds is 7. The lowest BCUT2D eigenvalue weighted by Gasteiger charge is -2.25. The number of Topliss-reactive ketones (excluding diaryl/α,β-unsaturated/α-hetero) is 1. The second-order valence-corrected chi connectivity index (χ2v) is 9.66. The number of amides is 1. The SMILES string of the molecule is COc1ccc2[nH]cc(CCN3C(=O)C(=O)C(=C(O)c4ccccc4)[C@@H]3c3ccc(C(C)C)cc3)c2c1. The molecule has 1 saturated heterocycles. The molecule has 1 aromatic heterocycles. The average molecular weight is 495 g/mol. The van der Waals surface area contributed by atoms with E-state index in [1.54, 1.807) is 36.3 Å². The topological polar surface area (TPSA) is 82.6 Å². The van der Waals surface area contributed by atoms with Gasteiger partial charge in [-0.1, -0.05) is 68.4 Å². The lowest BCUT2D eigenvalue weighted by atomic mass is 9.93. The largest absolute Gasteiger partial charge is 0.507 e. The number of hydrogen-bond donors (Lipinski definition) is 2. The van der Waals surface area contributed by atoms with Gasteiger partial charge in [-0.3, -0.25) is 9.59 Å². The maximum Gasteiger partial charge on any atom is 0.295 e. The second-order valence-electron chi connectivity index (χ2n) is 9.66. The van der Waals surface area contributed by atoms with E-state index >= 15 is 0 Å². The van der Waals surface area contributed by atoms with Crippen molar-refractivity contribution in [3.8, 4) is 5.75 Å². The summed E-state index contributed by atoms with van der Waals surface area (Å²) < 4.78 is 5.38. The fourth-order valence-electron chi connectivity index (χ4n) is 5.00. The molecule has 6 nitrogen and oxygen atoms in total. The number of ether oxygens (including phenoxy) is 1. The van der Waals surface area contributed by atoms with E-state index < -0.39 is 17.7 Å². The number of nitrogens with zero attached hydrogens (tertiary/aromatic N) is 1. The van der Waals surface area contributed by atoms with E-state index in [0.29, 0.717) is 24.4 Å². The summed E-state index contributed by atoms with van der Waals surface area (Å²) in [5.74, 6) is -0.325. The molecule has 1 fully saturated rings. The summed E-state index contributed by atoms with van der Waals surface area (Å²) in [6.45, 7) is 4.55. The Hall–Kier alpha value is -4.32. The van der Waals surface area contributed by atoms with Crippen LogP contribution in [-0.2, 0) is 16.0 Å². The number of aromatic amines is 1. The Balaban J connectivity index is 1.55. The number of hydrogen-bond acceptors (Lipinski definition) is 4. The number of nitrogens with one attached hydrogen (secondary N) is 1. The summed E-state index contributed by atoms with van der Waals surface area (Å²) in [6.07, 6.45) is 2.46. The number of ketones is 1. The van der Waals surface area contributed by atoms with E-state index in [0.717, 1.165) is 33.3 Å². The standard InChI is InChI=1S/C31H30N2O4/c1-19(2)20-9-11-21(12-10-20)28-27(29(34)22-7-5-4-6-8-22)30(35)31(36)33(28)16-15-23-18-32-26-14-13-24(37-3)17-25(23)26/h4-14,17-19,28,32,34H,15-16H2,1-3H3/t28-/m0/s1. The van der Waals surface area contributed by atoms with Crippen molar-refractivity contribution >= 4 is 28.4 Å². The van der Waals surface area contributed by atoms with Crippen molar-refractivity contribution in [3.63, 3.8) is 0 Å². The predicted octanol–water partition coefficient (Wildman–Crippen LogP) is 5.96. The number of carbonyl (C=O) groups excluding carboxylic acids is 2. The number of benzene rings is 3. The monoisotopic (exact) mass is 494 g/mol. The van der Waals surface area contributed by atoms with E-state index in [4.69, 9.17) is 4.74 Å². The molecule has 3 aromatic carbocycles. The lowest BCUT2D eigenvalue weighted by Crippen LogP contribution is -2.31. The molecule has 1 atom stereocenters. The number of aliphatic hydroxyl groups excluding tert-OH is 1. The van der Waals surface area contributed by atoms with Crippen LogP contribution >= 0.6 is 0 Å². The van der Waals surface area contributed by atoms with E-state index in [2.05, 4.69) is 18.8 Å². The molecule has 1 aliphatic heterocycles. The van der Waals surface area contributed by atoms with E-state index in [-0.39, 0.29) is 11.3 Å². The number of likely N-dealkylation sites (tertiary alicyclic amines) is 1. The van der Waals surface area contributed by atoms with E-state index in [9.17, 15) is 14.7 Å². The minimum absolute atomic E-state index is 0.120. The molecule has 0 unspecified atom stereocenters. The maximum absolute atomic E-state index is 13.3. The van der Waals surface area contributed by atoms with Crippen LogP contribution in [0.1, 0.15) is 48.1 Å². The van der Waals surface area contributed by atoms with Crippen molar-refractivity contribution in [2.45, 2.75) is 32.2 Å². The Morgan fingerprint density at radius 2 is 1.76 bits per heavy atom. The van der Waals surface area contributed by atoms with Gasteiger partial charge in [0.2, 0.25) is 0 Å². The smallest absolute Gasteiger partial charge is 0.295 e. The normalized spacial score (nSPS) is 17.2. The molecule has 0 saturated carbocycles. The first kappa shape index (κ1) is 24.4. The summed E-state index contributed by atoms with van der Waals surface area (Å²) in [6, 6.07) is 22.0. The van der Waals surface area contributed by atoms with Gasteiger partial charge in [0.25, 0.3) is 11.7 Å². The van der Waals surface area contributed by atoms with Crippen LogP contribution in [0.5, 0.6) is 5.75 Å². The highest BCUT2D eigenvalue weighted by Crippen LogP contribution is 2.40. The summed E-state index contributed by atoms with van der Waals surface area (Å²) >= 11 is 0. The lowest BCUT2D eigenvalue weighted by molar-refractivity contribution is -0.139. The van der Waals surface area contributed by atoms with Gasteiger partial charge in [0, 0.05) is 29.2 Å². The highest BCUT2D eigenvalue weighted by Gasteiger charge is 2.45. The van der Waals surface area contributed by atoms with Crippen molar-refractivity contribution in [1.29, 1.82) is 0 Å². The zero-order valence-corrected chi connectivity index (χ0v) is 21.2. The summed E-state index contributed by atoms with van der Waals surface area (Å²) in [7, 11) is 1.63. The summed E-state index contributed by atoms with van der Waals surface area (Å²) in [4.78, 5) is 31.5. The van der Waals surface area contributed by atoms with Crippen LogP contribution in [0.3, 0.4) is 0 Å². The Labute approximate surface area is 216 Å². The number of methoxy groups -OCH3 is 1. The number of H-pyrrole nitrogens is 1. The molecule has 6 heteroatoms. The van der Waals surface area contributed by atoms with Crippen LogP contribution in [0.4, 0.5) is 0 Å². The maximum atomic E-state index is 13.3. The third-order valence-corrected chi connectivity index (χ3v) is 7.10. The molecule has 188 valence electrons. The van der Waals surface area contributed by atoms with Crippen molar-refractivity contribution in [2.75, 3.05) is 13.7 Å². The minimum atomic E-state index is -0.679. The number of aromatic nitrogens is 1. The van der Waals surface area contributed by atoms with Crippen molar-refractivity contribution in [1.82, 2.24) is 9.88 Å². The van der Waals surface area contributed by atoms with Gasteiger partial charge in [0.15, 0.2) is 0 Å². The molecule has 0 aliphatic carbocycles. The average Bonchev–Trinajstić information content (AvgIpc) is 3.44. The van der Waals surface area contributed by atoms with Crippen molar-refractivity contribution in [3.05, 3.63) is 107 Å². The molecule has 4 aromatic rings. The van der Waals surface area contributed by atoms with Crippen LogP contribution in [0, 0.1) is 0 Å². The van der Waals surface area contributed by atoms with Crippen LogP contribution in [0.25, 0.3) is 16.7 Å². The molecule has 2 N–H and O–H groups in total. The van der Waals surface area contributed by atoms with Gasteiger partial charge in [-0.2, -0.15) is 0 Å². The van der Waals surface area contributed by atoms with Gasteiger partial charge in [-0.25, -0.2) is 0 Å². The molecule has 1 aliphatic rings. The van der Waals surface area contributed by atoms with Gasteiger partial charge in [-0.05, 0) is 47.2 Å². The molecule has 1 amide bonds. The van der Waals surface area contributed by atoms with Gasteiger partial charge in [-0.15, -0.1) is 0 Å². The van der Waals surface area contributed by atoms with Crippen LogP contribution in [0.2, 0.25) is 0 Å². The Morgan fingerprint density at radius 1 is 1.03 bits per heavy atom. The van der Waals surface area contributed by atoms with E-state index in [1.807, 2.05) is 54.7 Å². The van der Waals surface area contributed by atoms with Crippen LogP contribution in [-0.4, -0.2) is 40.3 Å². The quantitative estimate of drug-likeness (QED) is 0.189. The van der Waals surface area contributed by atoms with Gasteiger partial charge < -0.3 is 19.7 Å². The van der Waals surface area contributed by atoms with Gasteiger partial charge in [0.1, 0.15) is 11.5 Å². The van der Waals surface area contributed by atoms with Gasteiger partial charge in [0.05, 0.1) is 18.7 Å². The van der Waals surface area contributed by atoms with Crippen molar-refractivity contribution in [2.24, 2.45) is 0 Å². The second kappa shape index (κ2) is 9.97. The molecule has 0 spiro atoms. The molecule has 5 rings (SSSR count). The first-order chi connectivity index (χ1) is 17.9. The number of fused-ring (bicyclic) bond motifs is 1. The molecule has 0 radical (unpaired) electrons. The molecular formula is C31H30N2O4. The fourth-order valence-corrected chi connectivity index (χ4v) is 5.00. The summed E-state index contributed by atoms with van der Waals surface area (Å²) in [5.41, 5.74) is 4.58. The Morgan fingerprint density at radius 3 is 2.43 bits per heavy atom. The number of aliphatic hydroxyl groups is 1. The van der Waals surface area contributed by atoms with Crippen LogP contribution in [0.15, 0.2) is 84.6 Å². The molecule has 2 heterocycles. The number of carbonyl (C=O) groups is 2. The third-order valence-electron chi connectivity index (χ3n) is 7.10. The first-order valence-electron chi connectivity index (χ1n) is 12.5. The minimum Gasteiger partial charge on any atom is -0.507 e. The molecule has 0 bridgehead atoms. The Kier molecular flexibility index (Phi) is 6.57. The first-order valence-corrected chi connectivity index (χ1v) is 12.5. The zero-order valence-electron chi connectivity index (χ0n) is 21.2. The predicted molar refractivity (Wildman–Crippen MR) is 145 cm³/mol. The highest BCUT2D eigenvalue weighted by molar-refractivity contribution is 6.46. The Bertz CT molecular complexity index is 1480. The van der Waals surface area contributed by atoms with E-state index in [1.165, 1.54) is 0 Å². The zero-order chi connectivity index (χ0) is 26.1. The molecule has 37 heavy (non-hydrogen) atoms. The van der Waals surface area contributed by atoms with Crippen molar-refractivity contribution < 1.29 is 19.4 Å². The molecular weight excluding hydrogens is 464 g/mol. The summed E-state index contributed by atoms with van der Waals surface area (Å²) in [5, 5.41) is 12.2.